The van der Waals surface area contributed by atoms with E-state index in [0.29, 0.717) is 35.9 Å². The molecule has 0 saturated carbocycles. The molecule has 0 aliphatic carbocycles. The number of amidine groups is 1. The van der Waals surface area contributed by atoms with Gasteiger partial charge in [-0.1, -0.05) is 31.2 Å². The molecule has 0 unspecified atom stereocenters. The summed E-state index contributed by atoms with van der Waals surface area (Å²) < 4.78 is 0. The molecule has 6 N–H and O–H groups in total. The Balaban J connectivity index is 1.58. The minimum Gasteiger partial charge on any atom is -0.399 e. The Labute approximate surface area is 205 Å². The third-order valence-corrected chi connectivity index (χ3v) is 5.65. The van der Waals surface area contributed by atoms with Crippen LogP contribution in [0.5, 0.6) is 0 Å². The molecule has 2 heterocycles. The Bertz CT molecular complexity index is 1270. The number of nitrogens with zero attached hydrogens (tertiary/aromatic N) is 3. The molecule has 1 aliphatic heterocycles. The molecule has 1 aromatic heterocycles. The van der Waals surface area contributed by atoms with Crippen molar-refractivity contribution >= 4 is 29.2 Å². The second-order valence-corrected chi connectivity index (χ2v) is 8.43. The maximum Gasteiger partial charge on any atom is 0.273 e. The van der Waals surface area contributed by atoms with E-state index in [2.05, 4.69) is 9.98 Å². The van der Waals surface area contributed by atoms with Gasteiger partial charge in [0.2, 0.25) is 0 Å². The smallest absolute Gasteiger partial charge is 0.273 e. The highest BCUT2D eigenvalue weighted by molar-refractivity contribution is 6.05. The van der Waals surface area contributed by atoms with E-state index in [0.717, 1.165) is 34.2 Å². The summed E-state index contributed by atoms with van der Waals surface area (Å²) in [5, 5.41) is 1.40. The van der Waals surface area contributed by atoms with Gasteiger partial charge >= 0.3 is 0 Å². The van der Waals surface area contributed by atoms with Crippen molar-refractivity contribution < 1.29 is 9.63 Å². The fourth-order valence-corrected chi connectivity index (χ4v) is 3.82. The Kier molecular flexibility index (Phi) is 7.54. The number of nitrogen functional groups attached to an aromatic ring is 1. The van der Waals surface area contributed by atoms with Gasteiger partial charge in [-0.05, 0) is 53.5 Å². The molecule has 1 amide bonds. The number of anilines is 1. The average molecular weight is 471 g/mol. The monoisotopic (exact) mass is 470 g/mol. The number of amides is 1. The van der Waals surface area contributed by atoms with Crippen molar-refractivity contribution in [1.29, 1.82) is 0 Å². The lowest BCUT2D eigenvalue weighted by atomic mass is 10.0. The van der Waals surface area contributed by atoms with Crippen LogP contribution in [0.25, 0.3) is 17.2 Å². The maximum atomic E-state index is 13.4. The van der Waals surface area contributed by atoms with Crippen LogP contribution in [0, 0.1) is 0 Å². The van der Waals surface area contributed by atoms with Crippen LogP contribution in [0.1, 0.15) is 36.5 Å². The van der Waals surface area contributed by atoms with Crippen molar-refractivity contribution in [2.75, 3.05) is 12.3 Å². The molecule has 0 spiro atoms. The molecule has 1 aliphatic rings. The lowest BCUT2D eigenvalue weighted by Gasteiger charge is -2.22. The molecule has 35 heavy (non-hydrogen) atoms. The molecule has 0 saturated heterocycles. The van der Waals surface area contributed by atoms with Crippen molar-refractivity contribution in [3.63, 3.8) is 0 Å². The van der Waals surface area contributed by atoms with Gasteiger partial charge in [0.15, 0.2) is 0 Å². The number of carbonyl (C=O) groups is 1. The molecular weight excluding hydrogens is 440 g/mol. The average Bonchev–Trinajstić information content (AvgIpc) is 3.04. The number of carbonyl (C=O) groups excluding carboxylic acids is 1. The molecule has 0 bridgehead atoms. The number of aliphatic imine (C=N–C) groups is 1. The first-order chi connectivity index (χ1) is 17.0. The van der Waals surface area contributed by atoms with Crippen molar-refractivity contribution in [2.45, 2.75) is 32.9 Å². The van der Waals surface area contributed by atoms with E-state index < -0.39 is 0 Å². The highest BCUT2D eigenvalue weighted by Crippen LogP contribution is 2.32. The molecule has 3 aromatic rings. The van der Waals surface area contributed by atoms with Crippen LogP contribution in [0.2, 0.25) is 0 Å². The highest BCUT2D eigenvalue weighted by Gasteiger charge is 2.22. The molecule has 4 rings (SSSR count). The summed E-state index contributed by atoms with van der Waals surface area (Å²) in [5.41, 5.74) is 24.2. The number of fused-ring (bicyclic) bond motifs is 1. The van der Waals surface area contributed by atoms with E-state index in [1.807, 2.05) is 61.5 Å². The summed E-state index contributed by atoms with van der Waals surface area (Å²) in [4.78, 5) is 28.2. The predicted octanol–water partition coefficient (Wildman–Crippen LogP) is 3.94. The largest absolute Gasteiger partial charge is 0.399 e. The van der Waals surface area contributed by atoms with Crippen LogP contribution in [-0.2, 0) is 22.8 Å². The van der Waals surface area contributed by atoms with E-state index in [1.54, 1.807) is 12.4 Å². The molecule has 180 valence electrons. The second kappa shape index (κ2) is 10.9. The van der Waals surface area contributed by atoms with Crippen LogP contribution in [0.4, 0.5) is 11.4 Å². The lowest BCUT2D eigenvalue weighted by molar-refractivity contribution is -0.187. The van der Waals surface area contributed by atoms with Gasteiger partial charge in [-0.15, -0.1) is 0 Å². The summed E-state index contributed by atoms with van der Waals surface area (Å²) in [6, 6.07) is 15.3. The second-order valence-electron chi connectivity index (χ2n) is 8.43. The predicted molar refractivity (Wildman–Crippen MR) is 139 cm³/mol. The topological polar surface area (TPSA) is 133 Å². The number of benzene rings is 2. The quantitative estimate of drug-likeness (QED) is 0.337. The highest BCUT2D eigenvalue weighted by atomic mass is 16.7. The van der Waals surface area contributed by atoms with Crippen LogP contribution in [-0.4, -0.2) is 28.3 Å². The number of rotatable bonds is 8. The summed E-state index contributed by atoms with van der Waals surface area (Å²) in [6.07, 6.45) is 6.37. The Morgan fingerprint density at radius 3 is 2.57 bits per heavy atom. The van der Waals surface area contributed by atoms with Crippen molar-refractivity contribution in [1.82, 2.24) is 10.0 Å². The first kappa shape index (κ1) is 24.1. The van der Waals surface area contributed by atoms with Gasteiger partial charge in [0.05, 0.1) is 5.69 Å². The van der Waals surface area contributed by atoms with E-state index in [4.69, 9.17) is 22.0 Å². The molecule has 0 radical (unpaired) electrons. The van der Waals surface area contributed by atoms with Crippen LogP contribution in [0.15, 0.2) is 71.5 Å². The molecule has 2 aromatic carbocycles. The number of aromatic nitrogens is 1. The van der Waals surface area contributed by atoms with Gasteiger partial charge in [0.25, 0.3) is 5.91 Å². The Morgan fingerprint density at radius 2 is 1.83 bits per heavy atom. The van der Waals surface area contributed by atoms with E-state index in [1.165, 1.54) is 5.06 Å². The summed E-state index contributed by atoms with van der Waals surface area (Å²) >= 11 is 0. The molecule has 0 fully saturated rings. The minimum atomic E-state index is -0.225. The number of nitrogens with two attached hydrogens (primary N) is 3. The maximum absolute atomic E-state index is 13.4. The number of hydroxylamine groups is 2. The fraction of sp³-hybridized carbons (Fsp3) is 0.222. The van der Waals surface area contributed by atoms with Gasteiger partial charge in [-0.2, -0.15) is 0 Å². The van der Waals surface area contributed by atoms with Gasteiger partial charge in [0.1, 0.15) is 12.4 Å². The number of hydrogen-bond acceptors (Lipinski definition) is 7. The van der Waals surface area contributed by atoms with E-state index in [9.17, 15) is 4.79 Å². The first-order valence-electron chi connectivity index (χ1n) is 11.6. The zero-order valence-electron chi connectivity index (χ0n) is 19.8. The van der Waals surface area contributed by atoms with E-state index in [-0.39, 0.29) is 18.9 Å². The fourth-order valence-electron chi connectivity index (χ4n) is 3.82. The van der Waals surface area contributed by atoms with Gasteiger partial charge in [-0.25, -0.2) is 10.1 Å². The first-order valence-corrected chi connectivity index (χ1v) is 11.6. The van der Waals surface area contributed by atoms with Gasteiger partial charge in [0, 0.05) is 54.3 Å². The summed E-state index contributed by atoms with van der Waals surface area (Å²) in [7, 11) is 0. The number of hydrogen-bond donors (Lipinski definition) is 3. The van der Waals surface area contributed by atoms with Crippen LogP contribution >= 0.6 is 0 Å². The zero-order valence-corrected chi connectivity index (χ0v) is 19.8. The third-order valence-electron chi connectivity index (χ3n) is 5.65. The summed E-state index contributed by atoms with van der Waals surface area (Å²) in [5.74, 6) is 0.140. The van der Waals surface area contributed by atoms with Crippen LogP contribution < -0.4 is 17.2 Å². The number of pyridine rings is 1. The summed E-state index contributed by atoms with van der Waals surface area (Å²) in [6.45, 7) is 3.13. The van der Waals surface area contributed by atoms with Crippen molar-refractivity contribution in [3.8, 4) is 11.1 Å². The molecule has 8 heteroatoms. The Morgan fingerprint density at radius 1 is 1.03 bits per heavy atom. The zero-order chi connectivity index (χ0) is 24.8. The minimum absolute atomic E-state index is 0.225. The van der Waals surface area contributed by atoms with Gasteiger partial charge in [-0.3, -0.25) is 14.6 Å². The molecule has 8 nitrogen and oxygen atoms in total. The normalized spacial score (nSPS) is 12.9. The van der Waals surface area contributed by atoms with Crippen molar-refractivity contribution in [3.05, 3.63) is 83.2 Å². The third kappa shape index (κ3) is 5.92. The molecular formula is C27H30N6O2. The van der Waals surface area contributed by atoms with Crippen molar-refractivity contribution in [2.24, 2.45) is 16.5 Å². The SMILES string of the molecule is CCCN(OCc1ccc(N)cc1)C(=O)C1=Cc2ccc(-c3cncc(CN)c3)cc2N=C(N)C1. The van der Waals surface area contributed by atoms with E-state index >= 15 is 0 Å². The van der Waals surface area contributed by atoms with Gasteiger partial charge < -0.3 is 17.2 Å². The lowest BCUT2D eigenvalue weighted by Crippen LogP contribution is -2.34. The Hall–Kier alpha value is -4.01. The standard InChI is InChI=1S/C27H30N6O2/c1-2-9-33(35-17-18-3-7-24(29)8-4-18)27(34)22-11-21-6-5-20(12-25(21)32-26(30)13-22)23-10-19(14-28)15-31-16-23/h3-8,10-12,15-16H,2,9,13-14,17,28-29H2,1H3,(H2,30,32). The molecule has 0 atom stereocenters. The van der Waals surface area contributed by atoms with Crippen LogP contribution in [0.3, 0.4) is 0 Å².